The van der Waals surface area contributed by atoms with Gasteiger partial charge in [-0.15, -0.1) is 0 Å². The van der Waals surface area contributed by atoms with Gasteiger partial charge in [-0.2, -0.15) is 0 Å². The summed E-state index contributed by atoms with van der Waals surface area (Å²) in [5, 5.41) is 6.75. The fourth-order valence-electron chi connectivity index (χ4n) is 2.96. The highest BCUT2D eigenvalue weighted by atomic mass is 16.5. The van der Waals surface area contributed by atoms with Crippen LogP contribution in [0.1, 0.15) is 32.3 Å². The Bertz CT molecular complexity index is 542. The predicted octanol–water partition coefficient (Wildman–Crippen LogP) is 2.43. The van der Waals surface area contributed by atoms with Crippen molar-refractivity contribution in [1.82, 2.24) is 15.5 Å². The zero-order valence-corrected chi connectivity index (χ0v) is 17.2. The average Bonchev–Trinajstić information content (AvgIpc) is 2.70. The number of hydrogen-bond acceptors (Lipinski definition) is 4. The number of benzene rings is 1. The van der Waals surface area contributed by atoms with E-state index in [2.05, 4.69) is 48.4 Å². The number of guanidine groups is 1. The maximum atomic E-state index is 5.77. The van der Waals surface area contributed by atoms with Gasteiger partial charge in [-0.05, 0) is 45.7 Å². The fourth-order valence-corrected chi connectivity index (χ4v) is 2.96. The van der Waals surface area contributed by atoms with Crippen LogP contribution in [0.4, 0.5) is 0 Å². The molecule has 1 atom stereocenters. The van der Waals surface area contributed by atoms with Crippen molar-refractivity contribution in [1.29, 1.82) is 0 Å². The molecule has 0 spiro atoms. The van der Waals surface area contributed by atoms with Crippen LogP contribution in [-0.4, -0.2) is 69.4 Å². The third-order valence-corrected chi connectivity index (χ3v) is 4.68. The monoisotopic (exact) mass is 376 g/mol. The van der Waals surface area contributed by atoms with Crippen LogP contribution in [0.25, 0.3) is 0 Å². The minimum absolute atomic E-state index is 0.437. The van der Waals surface area contributed by atoms with E-state index in [1.54, 1.807) is 0 Å². The average molecular weight is 377 g/mol. The molecule has 0 saturated carbocycles. The zero-order chi connectivity index (χ0) is 19.3. The second-order valence-corrected chi connectivity index (χ2v) is 7.01. The van der Waals surface area contributed by atoms with Gasteiger partial charge in [0.05, 0.1) is 26.4 Å². The summed E-state index contributed by atoms with van der Waals surface area (Å²) in [6.07, 6.45) is 2.07. The van der Waals surface area contributed by atoms with Crippen molar-refractivity contribution in [2.75, 3.05) is 52.5 Å². The maximum absolute atomic E-state index is 5.77. The van der Waals surface area contributed by atoms with Crippen LogP contribution in [0.15, 0.2) is 29.3 Å². The first-order valence-corrected chi connectivity index (χ1v) is 10.2. The number of unbranched alkanes of at least 4 members (excludes halogenated alkanes) is 1. The molecule has 1 heterocycles. The molecule has 1 saturated heterocycles. The Labute approximate surface area is 164 Å². The van der Waals surface area contributed by atoms with Crippen LogP contribution in [0.5, 0.6) is 5.75 Å². The minimum Gasteiger partial charge on any atom is -0.494 e. The van der Waals surface area contributed by atoms with Gasteiger partial charge in [-0.3, -0.25) is 9.89 Å². The van der Waals surface area contributed by atoms with Crippen LogP contribution < -0.4 is 15.4 Å². The first-order chi connectivity index (χ1) is 13.2. The molecule has 0 aliphatic carbocycles. The number of morpholine rings is 1. The van der Waals surface area contributed by atoms with Gasteiger partial charge >= 0.3 is 0 Å². The normalized spacial score (nSPS) is 16.8. The lowest BCUT2D eigenvalue weighted by Crippen LogP contribution is -2.44. The molecule has 2 rings (SSSR count). The number of nitrogens with zero attached hydrogens (tertiary/aromatic N) is 2. The molecular formula is C21H36N4O2. The van der Waals surface area contributed by atoms with Crippen LogP contribution >= 0.6 is 0 Å². The van der Waals surface area contributed by atoms with Crippen molar-refractivity contribution in [3.8, 4) is 5.75 Å². The van der Waals surface area contributed by atoms with Crippen molar-refractivity contribution in [3.05, 3.63) is 29.8 Å². The summed E-state index contributed by atoms with van der Waals surface area (Å²) in [6.45, 7) is 13.4. The molecule has 0 amide bonds. The minimum atomic E-state index is 0.437. The lowest BCUT2D eigenvalue weighted by molar-refractivity contribution is 0.0220. The van der Waals surface area contributed by atoms with Crippen LogP contribution in [0, 0.1) is 6.92 Å². The van der Waals surface area contributed by atoms with Crippen LogP contribution in [0.2, 0.25) is 0 Å². The maximum Gasteiger partial charge on any atom is 0.191 e. The number of aliphatic imine (C=N–C) groups is 1. The van der Waals surface area contributed by atoms with E-state index in [1.165, 1.54) is 5.56 Å². The van der Waals surface area contributed by atoms with E-state index in [1.807, 2.05) is 12.1 Å². The third-order valence-electron chi connectivity index (χ3n) is 4.68. The van der Waals surface area contributed by atoms with Crippen LogP contribution in [0.3, 0.4) is 0 Å². The lowest BCUT2D eigenvalue weighted by Gasteiger charge is -2.31. The second kappa shape index (κ2) is 12.6. The molecule has 0 bridgehead atoms. The number of nitrogens with one attached hydrogen (secondary N) is 2. The lowest BCUT2D eigenvalue weighted by atomic mass is 10.2. The number of rotatable bonds is 10. The molecule has 1 aromatic carbocycles. The molecule has 1 fully saturated rings. The van der Waals surface area contributed by atoms with Crippen molar-refractivity contribution in [3.63, 3.8) is 0 Å². The summed E-state index contributed by atoms with van der Waals surface area (Å²) in [7, 11) is 0. The van der Waals surface area contributed by atoms with Gasteiger partial charge in [0.15, 0.2) is 5.96 Å². The Hall–Kier alpha value is -1.79. The smallest absolute Gasteiger partial charge is 0.191 e. The first kappa shape index (κ1) is 21.5. The van der Waals surface area contributed by atoms with E-state index < -0.39 is 0 Å². The molecule has 2 N–H and O–H groups in total. The van der Waals surface area contributed by atoms with Gasteiger partial charge in [0, 0.05) is 32.2 Å². The highest BCUT2D eigenvalue weighted by molar-refractivity contribution is 5.79. The summed E-state index contributed by atoms with van der Waals surface area (Å²) < 4.78 is 11.2. The molecule has 1 aromatic rings. The van der Waals surface area contributed by atoms with Crippen molar-refractivity contribution in [2.24, 2.45) is 4.99 Å². The van der Waals surface area contributed by atoms with Crippen LogP contribution in [-0.2, 0) is 4.74 Å². The summed E-state index contributed by atoms with van der Waals surface area (Å²) in [4.78, 5) is 7.19. The number of hydrogen-bond donors (Lipinski definition) is 2. The van der Waals surface area contributed by atoms with E-state index >= 15 is 0 Å². The zero-order valence-electron chi connectivity index (χ0n) is 17.2. The van der Waals surface area contributed by atoms with E-state index in [-0.39, 0.29) is 0 Å². The molecule has 6 heteroatoms. The molecular weight excluding hydrogens is 340 g/mol. The summed E-state index contributed by atoms with van der Waals surface area (Å²) in [6, 6.07) is 8.65. The van der Waals surface area contributed by atoms with Gasteiger partial charge in [0.2, 0.25) is 0 Å². The van der Waals surface area contributed by atoms with Gasteiger partial charge in [0.25, 0.3) is 0 Å². The number of aryl methyl sites for hydroxylation is 1. The third kappa shape index (κ3) is 8.63. The van der Waals surface area contributed by atoms with Crippen molar-refractivity contribution >= 4 is 5.96 Å². The quantitative estimate of drug-likeness (QED) is 0.373. The highest BCUT2D eigenvalue weighted by Crippen LogP contribution is 2.11. The van der Waals surface area contributed by atoms with Crippen molar-refractivity contribution < 1.29 is 9.47 Å². The molecule has 0 radical (unpaired) electrons. The fraction of sp³-hybridized carbons (Fsp3) is 0.667. The second-order valence-electron chi connectivity index (χ2n) is 7.01. The molecule has 1 unspecified atom stereocenters. The van der Waals surface area contributed by atoms with E-state index in [0.717, 1.165) is 77.1 Å². The standard InChI is InChI=1S/C21H36N4O2/c1-4-22-21(24-17-19(3)25-12-15-26-16-13-25)23-11-5-6-14-27-20-9-7-18(2)8-10-20/h7-10,19H,4-6,11-17H2,1-3H3,(H2,22,23,24). The summed E-state index contributed by atoms with van der Waals surface area (Å²) in [5.74, 6) is 1.85. The Morgan fingerprint density at radius 3 is 2.63 bits per heavy atom. The highest BCUT2D eigenvalue weighted by Gasteiger charge is 2.16. The Morgan fingerprint density at radius 1 is 1.19 bits per heavy atom. The molecule has 0 aromatic heterocycles. The van der Waals surface area contributed by atoms with Gasteiger partial charge in [-0.1, -0.05) is 17.7 Å². The Balaban J connectivity index is 1.62. The molecule has 152 valence electrons. The molecule has 27 heavy (non-hydrogen) atoms. The first-order valence-electron chi connectivity index (χ1n) is 10.2. The topological polar surface area (TPSA) is 58.1 Å². The SMILES string of the molecule is CCNC(=NCC(C)N1CCOCC1)NCCCCOc1ccc(C)cc1. The summed E-state index contributed by atoms with van der Waals surface area (Å²) in [5.41, 5.74) is 1.25. The Morgan fingerprint density at radius 2 is 1.93 bits per heavy atom. The molecule has 6 nitrogen and oxygen atoms in total. The predicted molar refractivity (Wildman–Crippen MR) is 112 cm³/mol. The number of ether oxygens (including phenoxy) is 2. The summed E-state index contributed by atoms with van der Waals surface area (Å²) >= 11 is 0. The molecule has 1 aliphatic rings. The van der Waals surface area contributed by atoms with Gasteiger partial charge in [0.1, 0.15) is 5.75 Å². The van der Waals surface area contributed by atoms with E-state index in [9.17, 15) is 0 Å². The largest absolute Gasteiger partial charge is 0.494 e. The molecule has 1 aliphatic heterocycles. The van der Waals surface area contributed by atoms with E-state index in [0.29, 0.717) is 6.04 Å². The van der Waals surface area contributed by atoms with Gasteiger partial charge in [-0.25, -0.2) is 0 Å². The van der Waals surface area contributed by atoms with E-state index in [4.69, 9.17) is 14.5 Å². The Kier molecular flexibility index (Phi) is 10.0. The van der Waals surface area contributed by atoms with Crippen molar-refractivity contribution in [2.45, 2.75) is 39.7 Å². The van der Waals surface area contributed by atoms with Gasteiger partial charge < -0.3 is 20.1 Å².